The van der Waals surface area contributed by atoms with Gasteiger partial charge >= 0.3 is 5.97 Å². The maximum absolute atomic E-state index is 13.2. The number of carbonyl (C=O) groups excluding carboxylic acids is 2. The number of anilines is 2. The van der Waals surface area contributed by atoms with Gasteiger partial charge in [0.05, 0.1) is 78.6 Å². The Morgan fingerprint density at radius 2 is 1.02 bits per heavy atom. The van der Waals surface area contributed by atoms with Crippen LogP contribution in [0.5, 0.6) is 0 Å². The number of nitrogens with two attached hydrogens (primary N) is 2. The summed E-state index contributed by atoms with van der Waals surface area (Å²) in [5.74, 6) is -1.23. The molecule has 25 nitrogen and oxygen atoms in total. The molecule has 0 bridgehead atoms. The molecule has 0 radical (unpaired) electrons. The molecule has 0 saturated heterocycles. The molecule has 9 N–H and O–H groups in total. The third-order valence-electron chi connectivity index (χ3n) is 15.2. The molecule has 14 rings (SSSR count). The van der Waals surface area contributed by atoms with Gasteiger partial charge in [-0.2, -0.15) is 20.6 Å². The first kappa shape index (κ1) is 66.9. The molecule has 0 spiro atoms. The molecule has 0 saturated carbocycles. The lowest BCUT2D eigenvalue weighted by atomic mass is 10.1. The second-order valence-corrected chi connectivity index (χ2v) is 22.8. The minimum absolute atomic E-state index is 0. The Labute approximate surface area is 560 Å². The van der Waals surface area contributed by atoms with Crippen molar-refractivity contribution in [1.82, 2.24) is 79.8 Å². The fourth-order valence-corrected chi connectivity index (χ4v) is 11.1. The number of aryl methyl sites for hydroxylation is 2. The highest BCUT2D eigenvalue weighted by Gasteiger charge is 2.24. The van der Waals surface area contributed by atoms with Gasteiger partial charge in [-0.25, -0.2) is 19.7 Å². The van der Waals surface area contributed by atoms with Crippen LogP contribution < -0.4 is 33.2 Å². The summed E-state index contributed by atoms with van der Waals surface area (Å²) in [4.78, 5) is 92.2. The van der Waals surface area contributed by atoms with Crippen molar-refractivity contribution in [3.63, 3.8) is 0 Å². The highest BCUT2D eigenvalue weighted by molar-refractivity contribution is 6.31. The van der Waals surface area contributed by atoms with Crippen molar-refractivity contribution in [2.75, 3.05) is 11.5 Å². The number of hydrogen-bond acceptors (Lipinski definition) is 17. The van der Waals surface area contributed by atoms with Crippen LogP contribution in [0, 0.1) is 25.2 Å². The van der Waals surface area contributed by atoms with Crippen LogP contribution in [0.1, 0.15) is 91.2 Å². The number of nitrogens with zero attached hydrogens (tertiary/aromatic N) is 13. The molecule has 28 heteroatoms. The number of carboxylic acid groups (broad SMARTS) is 1. The molecule has 482 valence electrons. The molecule has 0 aliphatic carbocycles. The molecule has 0 atom stereocenters. The average Bonchev–Trinajstić information content (AvgIpc) is 1.63. The number of halogens is 3. The monoisotopic (exact) mass is 1340 g/mol. The summed E-state index contributed by atoms with van der Waals surface area (Å²) >= 11 is 18.2. The Bertz CT molecular complexity index is 5540. The van der Waals surface area contributed by atoms with Gasteiger partial charge < -0.3 is 37.2 Å². The molecule has 3 aromatic carbocycles. The van der Waals surface area contributed by atoms with Gasteiger partial charge in [0, 0.05) is 77.7 Å². The van der Waals surface area contributed by atoms with Gasteiger partial charge in [-0.1, -0.05) is 80.0 Å². The number of nitrogens with one attached hydrogen (secondary N) is 4. The lowest BCUT2D eigenvalue weighted by Gasteiger charge is -2.07. The number of amides is 2. The number of carbonyl (C=O) groups is 3. The molecular weight excluding hydrogens is 1290 g/mol. The van der Waals surface area contributed by atoms with Crippen LogP contribution in [0.2, 0.25) is 15.1 Å². The highest BCUT2D eigenvalue weighted by atomic mass is 35.5. The Morgan fingerprint density at radius 1 is 0.562 bits per heavy atom. The lowest BCUT2D eigenvalue weighted by molar-refractivity contribution is 0.0690. The predicted octanol–water partition coefficient (Wildman–Crippen LogP) is 10.9. The van der Waals surface area contributed by atoms with E-state index >= 15 is 0 Å². The maximum Gasteiger partial charge on any atom is 0.357 e. The Hall–Kier alpha value is -12.0. The number of benzene rings is 3. The van der Waals surface area contributed by atoms with E-state index in [4.69, 9.17) is 46.3 Å². The third-order valence-corrected chi connectivity index (χ3v) is 15.8. The number of nitrogen functional groups attached to an aromatic ring is 2. The first-order chi connectivity index (χ1) is 45.3. The van der Waals surface area contributed by atoms with Gasteiger partial charge in [0.15, 0.2) is 22.8 Å². The molecule has 11 aromatic heterocycles. The number of aromatic nitrogens is 14. The van der Waals surface area contributed by atoms with Crippen molar-refractivity contribution < 1.29 is 19.5 Å². The normalized spacial score (nSPS) is 10.9. The molecule has 0 fully saturated rings. The number of aromatic amines is 2. The number of rotatable bonds is 13. The van der Waals surface area contributed by atoms with E-state index in [-0.39, 0.29) is 61.7 Å². The number of nitriles is 1. The SMILES string of the molecule is C.C.Cc1nc(N)ccc1CNC(=O)c1nn(Cc2ccc3ncc(Cl)cc3c2)c2ccc(=O)[nH]c12.Cc1nc(N)ccc1CNC(=O)c1nn(Cc2ccc3ncc(Cl)cc3c2)c2ccnc(C#N)c12.O=C(O)c1nn(Cc2ccc3ncc(Cl)cc3c2)c2cc[nH]c(=O)c12. The summed E-state index contributed by atoms with van der Waals surface area (Å²) in [6.07, 6.45) is 7.80. The van der Waals surface area contributed by atoms with E-state index in [0.29, 0.717) is 73.8 Å². The van der Waals surface area contributed by atoms with E-state index in [9.17, 15) is 34.3 Å². The summed E-state index contributed by atoms with van der Waals surface area (Å²) in [6.45, 7) is 5.23. The van der Waals surface area contributed by atoms with Crippen LogP contribution >= 0.6 is 34.8 Å². The largest absolute Gasteiger partial charge is 0.476 e. The number of pyridine rings is 8. The smallest absolute Gasteiger partial charge is 0.357 e. The number of carboxylic acids is 1. The molecule has 2 amide bonds. The minimum atomic E-state index is -1.24. The van der Waals surface area contributed by atoms with Crippen molar-refractivity contribution in [3.8, 4) is 6.07 Å². The van der Waals surface area contributed by atoms with Gasteiger partial charge in [-0.3, -0.25) is 48.2 Å². The van der Waals surface area contributed by atoms with E-state index in [1.807, 2.05) is 98.8 Å². The first-order valence-electron chi connectivity index (χ1n) is 28.6. The minimum Gasteiger partial charge on any atom is -0.476 e. The topological polar surface area (TPSA) is 368 Å². The van der Waals surface area contributed by atoms with Crippen LogP contribution in [-0.4, -0.2) is 92.1 Å². The maximum atomic E-state index is 13.2. The number of fused-ring (bicyclic) bond motifs is 6. The van der Waals surface area contributed by atoms with Crippen LogP contribution in [-0.2, 0) is 32.7 Å². The molecular formula is C68H58Cl3N19O6. The Balaban J connectivity index is 0.000000157. The van der Waals surface area contributed by atoms with Crippen molar-refractivity contribution in [3.05, 3.63) is 250 Å². The molecule has 14 aromatic rings. The second-order valence-electron chi connectivity index (χ2n) is 21.5. The summed E-state index contributed by atoms with van der Waals surface area (Å²) in [6, 6.07) is 38.3. The number of aromatic carboxylic acids is 1. The summed E-state index contributed by atoms with van der Waals surface area (Å²) in [5.41, 5.74) is 21.3. The Kier molecular flexibility index (Phi) is 19.9. The van der Waals surface area contributed by atoms with Gasteiger partial charge in [0.25, 0.3) is 17.4 Å². The zero-order valence-corrected chi connectivity index (χ0v) is 51.8. The quantitative estimate of drug-likeness (QED) is 0.0564. The zero-order chi connectivity index (χ0) is 65.9. The standard InChI is InChI=1S/C25H19ClN8O.C24H20ClN7O2.C17H11ClN4O3.2CH4/c1-14-16(3-5-22(28)32-14)11-31-25(35)24-23-20(10-27)29-7-6-21(23)34(33-24)13-15-2-4-19-17(8-15)9-18(26)12-30-19;1-13-15(3-6-20(26)29-13)10-28-24(34)23-22-19(5-7-21(33)30-22)32(31-23)12-14-2-4-18-16(8-14)9-17(25)11-27-18;18-11-6-10-5-9(1-2-12(10)20-7-11)8-22-13-3-4-19-16(23)14(13)15(21-22)17(24)25;;/h2-9,12H,11,13H2,1H3,(H2,28,32)(H,31,35);2-9,11H,10,12H2,1H3,(H2,26,29)(H,28,34)(H,30,33);1-7H,8H2,(H,19,23)(H,24,25);2*1H4. The van der Waals surface area contributed by atoms with Crippen molar-refractivity contribution in [2.24, 2.45) is 0 Å². The van der Waals surface area contributed by atoms with E-state index in [1.54, 1.807) is 58.3 Å². The molecule has 0 unspecified atom stereocenters. The van der Waals surface area contributed by atoms with Crippen LogP contribution in [0.4, 0.5) is 11.6 Å². The molecule has 11 heterocycles. The van der Waals surface area contributed by atoms with Crippen LogP contribution in [0.3, 0.4) is 0 Å². The Morgan fingerprint density at radius 3 is 1.50 bits per heavy atom. The molecule has 96 heavy (non-hydrogen) atoms. The summed E-state index contributed by atoms with van der Waals surface area (Å²) < 4.78 is 4.89. The fraction of sp³-hybridized carbons (Fsp3) is 0.132. The summed E-state index contributed by atoms with van der Waals surface area (Å²) in [7, 11) is 0. The predicted molar refractivity (Wildman–Crippen MR) is 370 cm³/mol. The van der Waals surface area contributed by atoms with E-state index in [2.05, 4.69) is 71.9 Å². The van der Waals surface area contributed by atoms with Gasteiger partial charge in [0.1, 0.15) is 23.2 Å². The van der Waals surface area contributed by atoms with E-state index in [0.717, 1.165) is 71.9 Å². The second kappa shape index (κ2) is 28.5. The molecule has 0 aliphatic heterocycles. The van der Waals surface area contributed by atoms with Crippen molar-refractivity contribution in [1.29, 1.82) is 5.26 Å². The van der Waals surface area contributed by atoms with E-state index < -0.39 is 23.3 Å². The van der Waals surface area contributed by atoms with Gasteiger partial charge in [-0.05, 0) is 127 Å². The van der Waals surface area contributed by atoms with Crippen molar-refractivity contribution in [2.45, 2.75) is 61.4 Å². The van der Waals surface area contributed by atoms with Gasteiger partial charge in [-0.15, -0.1) is 0 Å². The van der Waals surface area contributed by atoms with Gasteiger partial charge in [0.2, 0.25) is 5.56 Å². The third kappa shape index (κ3) is 14.5. The van der Waals surface area contributed by atoms with Crippen LogP contribution in [0.25, 0.3) is 65.5 Å². The van der Waals surface area contributed by atoms with E-state index in [1.165, 1.54) is 23.1 Å². The lowest BCUT2D eigenvalue weighted by Crippen LogP contribution is -2.24. The fourth-order valence-electron chi connectivity index (χ4n) is 10.6. The summed E-state index contributed by atoms with van der Waals surface area (Å²) in [5, 5.41) is 42.7. The first-order valence-corrected chi connectivity index (χ1v) is 29.8. The highest BCUT2D eigenvalue weighted by Crippen LogP contribution is 2.27. The zero-order valence-electron chi connectivity index (χ0n) is 49.6. The molecule has 0 aliphatic rings. The van der Waals surface area contributed by atoms with Crippen LogP contribution in [0.15, 0.2) is 162 Å². The average molecular weight is 1340 g/mol. The number of H-pyrrole nitrogens is 2. The van der Waals surface area contributed by atoms with Crippen molar-refractivity contribution >= 4 is 130 Å². The number of hydrogen-bond donors (Lipinski definition) is 7.